The Hall–Kier alpha value is -2.18. The molecule has 132 valence electrons. The highest BCUT2D eigenvalue weighted by Crippen LogP contribution is 2.49. The molecule has 4 N–H and O–H groups in total. The number of rotatable bonds is 4. The first-order valence-corrected chi connectivity index (χ1v) is 6.91. The zero-order chi connectivity index (χ0) is 17.7. The van der Waals surface area contributed by atoms with Crippen molar-refractivity contribution in [2.24, 2.45) is 0 Å². The summed E-state index contributed by atoms with van der Waals surface area (Å²) in [6.45, 7) is 0.434. The van der Waals surface area contributed by atoms with Gasteiger partial charge in [-0.15, -0.1) is 0 Å². The molecule has 0 aliphatic carbocycles. The van der Waals surface area contributed by atoms with Crippen molar-refractivity contribution in [3.63, 3.8) is 0 Å². The predicted molar refractivity (Wildman–Crippen MR) is 72.9 cm³/mol. The largest absolute Gasteiger partial charge is 0.476 e. The van der Waals surface area contributed by atoms with Crippen molar-refractivity contribution in [3.8, 4) is 5.88 Å². The summed E-state index contributed by atoms with van der Waals surface area (Å²) in [5.41, 5.74) is 5.35. The monoisotopic (exact) mass is 349 g/mol. The molecule has 1 fully saturated rings. The molecule has 1 aliphatic heterocycles. The van der Waals surface area contributed by atoms with Crippen molar-refractivity contribution in [3.05, 3.63) is 6.33 Å². The lowest BCUT2D eigenvalue weighted by molar-refractivity contribution is -0.206. The van der Waals surface area contributed by atoms with E-state index in [9.17, 15) is 18.3 Å². The fraction of sp³-hybridized carbons (Fsp3) is 0.583. The van der Waals surface area contributed by atoms with Crippen LogP contribution in [0.4, 0.5) is 19.1 Å². The first-order valence-electron chi connectivity index (χ1n) is 6.91. The minimum atomic E-state index is -4.06. The van der Waals surface area contributed by atoms with Crippen molar-refractivity contribution in [1.82, 2.24) is 19.5 Å². The van der Waals surface area contributed by atoms with Gasteiger partial charge in [0.15, 0.2) is 17.3 Å². The van der Waals surface area contributed by atoms with Gasteiger partial charge in [0.2, 0.25) is 18.1 Å². The van der Waals surface area contributed by atoms with Crippen LogP contribution in [-0.4, -0.2) is 60.8 Å². The number of aliphatic hydroxyl groups excluding tert-OH is 2. The maximum absolute atomic E-state index is 14.2. The van der Waals surface area contributed by atoms with Crippen molar-refractivity contribution < 1.29 is 32.9 Å². The Morgan fingerprint density at radius 1 is 1.42 bits per heavy atom. The number of alkyl halides is 3. The van der Waals surface area contributed by atoms with Gasteiger partial charge in [0, 0.05) is 0 Å². The van der Waals surface area contributed by atoms with E-state index in [1.165, 1.54) is 0 Å². The van der Waals surface area contributed by atoms with Crippen molar-refractivity contribution >= 4 is 17.1 Å². The molecular weight excluding hydrogens is 335 g/mol. The number of imidazole rings is 1. The number of nitrogens with two attached hydrogens (primary N) is 1. The Kier molecular flexibility index (Phi) is 3.77. The van der Waals surface area contributed by atoms with Gasteiger partial charge in [0.1, 0.15) is 6.61 Å². The highest BCUT2D eigenvalue weighted by atomic mass is 19.3. The average Bonchev–Trinajstić information content (AvgIpc) is 3.01. The fourth-order valence-corrected chi connectivity index (χ4v) is 2.43. The van der Waals surface area contributed by atoms with E-state index in [2.05, 4.69) is 19.7 Å². The van der Waals surface area contributed by atoms with Gasteiger partial charge in [0.25, 0.3) is 5.85 Å². The number of nitrogen functional groups attached to an aromatic ring is 1. The second-order valence-electron chi connectivity index (χ2n) is 5.14. The van der Waals surface area contributed by atoms with E-state index in [-0.39, 0.29) is 29.6 Å². The molecule has 3 rings (SSSR count). The predicted octanol–water partition coefficient (Wildman–Crippen LogP) is -0.00970. The topological polar surface area (TPSA) is 129 Å². The Bertz CT molecular complexity index is 772. The van der Waals surface area contributed by atoms with Crippen molar-refractivity contribution in [2.45, 2.75) is 31.0 Å². The molecule has 2 aromatic rings. The molecule has 3 atom stereocenters. The minimum absolute atomic E-state index is 0.0142. The van der Waals surface area contributed by atoms with Crippen LogP contribution in [-0.2, 0) is 4.74 Å². The number of aliphatic hydroxyl groups is 2. The maximum Gasteiger partial charge on any atom is 0.323 e. The Labute approximate surface area is 132 Å². The first-order chi connectivity index (χ1) is 11.2. The quantitative estimate of drug-likeness (QED) is 0.703. The number of aromatic nitrogens is 4. The van der Waals surface area contributed by atoms with Crippen LogP contribution in [0.2, 0.25) is 0 Å². The third kappa shape index (κ3) is 2.25. The van der Waals surface area contributed by atoms with Gasteiger partial charge in [-0.3, -0.25) is 4.57 Å². The fourth-order valence-electron chi connectivity index (χ4n) is 2.43. The van der Waals surface area contributed by atoms with Crippen LogP contribution in [0.1, 0.15) is 13.2 Å². The van der Waals surface area contributed by atoms with Gasteiger partial charge in [0.05, 0.1) is 12.9 Å². The van der Waals surface area contributed by atoms with Crippen LogP contribution < -0.4 is 10.5 Å². The summed E-state index contributed by atoms with van der Waals surface area (Å²) in [7, 11) is 0. The van der Waals surface area contributed by atoms with Crippen LogP contribution in [0.15, 0.2) is 6.33 Å². The van der Waals surface area contributed by atoms with Crippen molar-refractivity contribution in [2.75, 3.05) is 18.9 Å². The maximum atomic E-state index is 14.2. The molecule has 2 aromatic heterocycles. The molecule has 0 amide bonds. The molecule has 9 nitrogen and oxygen atoms in total. The lowest BCUT2D eigenvalue weighted by Gasteiger charge is -2.20. The number of hydrogen-bond acceptors (Lipinski definition) is 8. The third-order valence-electron chi connectivity index (χ3n) is 3.57. The van der Waals surface area contributed by atoms with Gasteiger partial charge >= 0.3 is 5.92 Å². The van der Waals surface area contributed by atoms with E-state index >= 15 is 0 Å². The lowest BCUT2D eigenvalue weighted by atomic mass is 10.1. The average molecular weight is 349 g/mol. The summed E-state index contributed by atoms with van der Waals surface area (Å²) in [5.74, 6) is -7.69. The molecule has 0 bridgehead atoms. The van der Waals surface area contributed by atoms with E-state index in [4.69, 9.17) is 15.6 Å². The van der Waals surface area contributed by atoms with E-state index in [1.807, 2.05) is 0 Å². The van der Waals surface area contributed by atoms with Crippen LogP contribution in [0, 0.1) is 0 Å². The Balaban J connectivity index is 2.13. The second-order valence-corrected chi connectivity index (χ2v) is 5.14. The minimum Gasteiger partial charge on any atom is -0.476 e. The third-order valence-corrected chi connectivity index (χ3v) is 3.57. The van der Waals surface area contributed by atoms with E-state index in [1.54, 1.807) is 6.92 Å². The van der Waals surface area contributed by atoms with Gasteiger partial charge in [-0.05, 0) is 6.92 Å². The Morgan fingerprint density at radius 2 is 2.12 bits per heavy atom. The molecule has 1 saturated heterocycles. The molecule has 0 radical (unpaired) electrons. The second kappa shape index (κ2) is 5.43. The number of anilines is 1. The van der Waals surface area contributed by atoms with Crippen LogP contribution in [0.3, 0.4) is 0 Å². The zero-order valence-electron chi connectivity index (χ0n) is 12.4. The molecule has 0 unspecified atom stereocenters. The van der Waals surface area contributed by atoms with Gasteiger partial charge in [-0.25, -0.2) is 9.37 Å². The van der Waals surface area contributed by atoms with E-state index < -0.39 is 30.7 Å². The molecule has 0 saturated carbocycles. The SMILES string of the molecule is CCOc1nc(N)nc2c1ncn2[C@@H]1O[C@](F)(CO)[C@@H](O)C1(F)F. The molecule has 1 aliphatic rings. The van der Waals surface area contributed by atoms with Crippen molar-refractivity contribution in [1.29, 1.82) is 0 Å². The van der Waals surface area contributed by atoms with Gasteiger partial charge in [-0.1, -0.05) is 0 Å². The summed E-state index contributed by atoms with van der Waals surface area (Å²) in [6, 6.07) is 0. The molecule has 24 heavy (non-hydrogen) atoms. The first kappa shape index (κ1) is 16.7. The highest BCUT2D eigenvalue weighted by Gasteiger charge is 2.68. The van der Waals surface area contributed by atoms with Crippen LogP contribution in [0.25, 0.3) is 11.2 Å². The van der Waals surface area contributed by atoms with Gasteiger partial charge in [-0.2, -0.15) is 18.7 Å². The smallest absolute Gasteiger partial charge is 0.323 e. The summed E-state index contributed by atoms with van der Waals surface area (Å²) >= 11 is 0. The molecule has 0 spiro atoms. The lowest BCUT2D eigenvalue weighted by Crippen LogP contribution is -2.45. The molecular formula is C12H14F3N5O4. The number of ether oxygens (including phenoxy) is 2. The molecule has 12 heteroatoms. The highest BCUT2D eigenvalue weighted by molar-refractivity contribution is 5.77. The van der Waals surface area contributed by atoms with E-state index in [0.717, 1.165) is 6.33 Å². The number of fused-ring (bicyclic) bond motifs is 1. The van der Waals surface area contributed by atoms with Crippen LogP contribution >= 0.6 is 0 Å². The number of nitrogens with zero attached hydrogens (tertiary/aromatic N) is 4. The zero-order valence-corrected chi connectivity index (χ0v) is 12.4. The van der Waals surface area contributed by atoms with Crippen LogP contribution in [0.5, 0.6) is 5.88 Å². The molecule has 0 aromatic carbocycles. The number of halogens is 3. The summed E-state index contributed by atoms with van der Waals surface area (Å²) < 4.78 is 53.1. The summed E-state index contributed by atoms with van der Waals surface area (Å²) in [6.07, 6.45) is -4.25. The van der Waals surface area contributed by atoms with E-state index in [0.29, 0.717) is 4.57 Å². The standard InChI is InChI=1S/C12H14F3N5O4/c1-2-23-7-5-6(18-10(16)19-7)20(4-17-5)9-12(14,15)8(22)11(13,3-21)24-9/h4,8-9,21-22H,2-3H2,1H3,(H2,16,18,19)/t8-,9-,11-/m1/s1. The summed E-state index contributed by atoms with van der Waals surface area (Å²) in [5, 5.41) is 18.4. The van der Waals surface area contributed by atoms with Gasteiger partial charge < -0.3 is 25.4 Å². The normalized spacial score (nSPS) is 29.2. The Morgan fingerprint density at radius 3 is 2.71 bits per heavy atom. The molecule has 3 heterocycles. The number of hydrogen-bond donors (Lipinski definition) is 3. The summed E-state index contributed by atoms with van der Waals surface area (Å²) in [4.78, 5) is 11.5.